The Morgan fingerprint density at radius 3 is 2.58 bits per heavy atom. The van der Waals surface area contributed by atoms with E-state index in [9.17, 15) is 9.65 Å². The molecule has 0 saturated heterocycles. The molecule has 0 amide bonds. The standard InChI is InChI=1S/C14H13FN4/c1-8-6-11(4-5-13(8)15)17-14-12(7-16)9(2)10(3)18-19-14/h4-6H,1-3H3,(H,17,19). The van der Waals surface area contributed by atoms with Crippen molar-refractivity contribution in [3.05, 3.63) is 46.4 Å². The third-order valence-electron chi connectivity index (χ3n) is 2.99. The number of hydrogen-bond donors (Lipinski definition) is 1. The van der Waals surface area contributed by atoms with Gasteiger partial charge < -0.3 is 5.32 Å². The highest BCUT2D eigenvalue weighted by atomic mass is 19.1. The zero-order valence-electron chi connectivity index (χ0n) is 11.0. The largest absolute Gasteiger partial charge is 0.338 e. The van der Waals surface area contributed by atoms with Crippen LogP contribution in [0.15, 0.2) is 18.2 Å². The summed E-state index contributed by atoms with van der Waals surface area (Å²) in [4.78, 5) is 0. The number of benzene rings is 1. The van der Waals surface area contributed by atoms with Crippen molar-refractivity contribution >= 4 is 11.5 Å². The molecule has 0 aliphatic carbocycles. The molecule has 1 aromatic heterocycles. The van der Waals surface area contributed by atoms with Crippen LogP contribution < -0.4 is 5.32 Å². The molecule has 1 N–H and O–H groups in total. The minimum absolute atomic E-state index is 0.266. The van der Waals surface area contributed by atoms with Crippen molar-refractivity contribution < 1.29 is 4.39 Å². The van der Waals surface area contributed by atoms with Crippen LogP contribution in [0.1, 0.15) is 22.4 Å². The molecular formula is C14H13FN4. The van der Waals surface area contributed by atoms with Gasteiger partial charge in [-0.25, -0.2) is 4.39 Å². The van der Waals surface area contributed by atoms with Gasteiger partial charge in [-0.15, -0.1) is 5.10 Å². The second-order valence-electron chi connectivity index (χ2n) is 4.33. The lowest BCUT2D eigenvalue weighted by Crippen LogP contribution is -2.03. The lowest BCUT2D eigenvalue weighted by molar-refractivity contribution is 0.619. The summed E-state index contributed by atoms with van der Waals surface area (Å²) in [6.45, 7) is 5.30. The Bertz CT molecular complexity index is 674. The van der Waals surface area contributed by atoms with Gasteiger partial charge in [-0.2, -0.15) is 10.4 Å². The number of hydrogen-bond acceptors (Lipinski definition) is 4. The molecule has 0 radical (unpaired) electrons. The molecule has 2 rings (SSSR count). The van der Waals surface area contributed by atoms with E-state index >= 15 is 0 Å². The zero-order valence-corrected chi connectivity index (χ0v) is 11.0. The first-order valence-electron chi connectivity index (χ1n) is 5.80. The zero-order chi connectivity index (χ0) is 14.0. The average Bonchev–Trinajstić information content (AvgIpc) is 2.39. The molecule has 0 spiro atoms. The first-order chi connectivity index (χ1) is 9.02. The van der Waals surface area contributed by atoms with Crippen molar-refractivity contribution in [2.45, 2.75) is 20.8 Å². The molecule has 0 aliphatic heterocycles. The first-order valence-corrected chi connectivity index (χ1v) is 5.80. The maximum atomic E-state index is 13.2. The molecule has 0 saturated carbocycles. The van der Waals surface area contributed by atoms with Gasteiger partial charge >= 0.3 is 0 Å². The van der Waals surface area contributed by atoms with E-state index in [4.69, 9.17) is 0 Å². The van der Waals surface area contributed by atoms with Crippen LogP contribution in [0.2, 0.25) is 0 Å². The predicted molar refractivity (Wildman–Crippen MR) is 70.6 cm³/mol. The number of aromatic nitrogens is 2. The van der Waals surface area contributed by atoms with E-state index in [0.717, 1.165) is 11.3 Å². The smallest absolute Gasteiger partial charge is 0.171 e. The van der Waals surface area contributed by atoms with Crippen molar-refractivity contribution in [1.29, 1.82) is 5.26 Å². The van der Waals surface area contributed by atoms with E-state index in [2.05, 4.69) is 21.6 Å². The Balaban J connectivity index is 2.41. The lowest BCUT2D eigenvalue weighted by atomic mass is 10.1. The molecule has 0 atom stereocenters. The average molecular weight is 256 g/mol. The van der Waals surface area contributed by atoms with E-state index in [0.29, 0.717) is 22.6 Å². The summed E-state index contributed by atoms with van der Waals surface area (Å²) in [7, 11) is 0. The number of nitrogens with zero attached hydrogens (tertiary/aromatic N) is 3. The lowest BCUT2D eigenvalue weighted by Gasteiger charge is -2.10. The fraction of sp³-hybridized carbons (Fsp3) is 0.214. The molecule has 96 valence electrons. The topological polar surface area (TPSA) is 61.6 Å². The van der Waals surface area contributed by atoms with E-state index in [-0.39, 0.29) is 5.82 Å². The highest BCUT2D eigenvalue weighted by molar-refractivity contribution is 5.64. The Morgan fingerprint density at radius 2 is 1.95 bits per heavy atom. The van der Waals surface area contributed by atoms with Crippen LogP contribution >= 0.6 is 0 Å². The maximum absolute atomic E-state index is 13.2. The molecule has 1 aromatic carbocycles. The summed E-state index contributed by atoms with van der Waals surface area (Å²) >= 11 is 0. The van der Waals surface area contributed by atoms with Crippen LogP contribution in [0, 0.1) is 37.9 Å². The van der Waals surface area contributed by atoms with Crippen LogP contribution in [0.25, 0.3) is 0 Å². The Morgan fingerprint density at radius 1 is 1.21 bits per heavy atom. The van der Waals surface area contributed by atoms with Gasteiger partial charge in [0.1, 0.15) is 17.4 Å². The van der Waals surface area contributed by atoms with Crippen molar-refractivity contribution in [2.24, 2.45) is 0 Å². The summed E-state index contributed by atoms with van der Waals surface area (Å²) in [5.41, 5.74) is 3.17. The summed E-state index contributed by atoms with van der Waals surface area (Å²) < 4.78 is 13.2. The minimum Gasteiger partial charge on any atom is -0.338 e. The molecule has 1 heterocycles. The molecule has 0 bridgehead atoms. The molecule has 4 nitrogen and oxygen atoms in total. The second-order valence-corrected chi connectivity index (χ2v) is 4.33. The number of nitrogens with one attached hydrogen (secondary N) is 1. The fourth-order valence-corrected chi connectivity index (χ4v) is 1.69. The van der Waals surface area contributed by atoms with Gasteiger partial charge in [0, 0.05) is 5.69 Å². The summed E-state index contributed by atoms with van der Waals surface area (Å²) in [6.07, 6.45) is 0. The van der Waals surface area contributed by atoms with Gasteiger partial charge in [0.15, 0.2) is 5.82 Å². The van der Waals surface area contributed by atoms with Crippen LogP contribution in [-0.2, 0) is 0 Å². The summed E-state index contributed by atoms with van der Waals surface area (Å²) in [5, 5.41) is 20.1. The van der Waals surface area contributed by atoms with Gasteiger partial charge in [-0.3, -0.25) is 0 Å². The monoisotopic (exact) mass is 256 g/mol. The Labute approximate surface area is 110 Å². The van der Waals surface area contributed by atoms with Crippen molar-refractivity contribution in [2.75, 3.05) is 5.32 Å². The molecule has 19 heavy (non-hydrogen) atoms. The molecule has 0 aliphatic rings. The number of halogens is 1. The third kappa shape index (κ3) is 2.52. The molecule has 2 aromatic rings. The highest BCUT2D eigenvalue weighted by Gasteiger charge is 2.11. The number of anilines is 2. The van der Waals surface area contributed by atoms with E-state index < -0.39 is 0 Å². The SMILES string of the molecule is Cc1cc(Nc2nnc(C)c(C)c2C#N)ccc1F. The van der Waals surface area contributed by atoms with Crippen molar-refractivity contribution in [1.82, 2.24) is 10.2 Å². The second kappa shape index (κ2) is 5.02. The van der Waals surface area contributed by atoms with Crippen LogP contribution in [0.3, 0.4) is 0 Å². The van der Waals surface area contributed by atoms with Crippen molar-refractivity contribution in [3.8, 4) is 6.07 Å². The van der Waals surface area contributed by atoms with E-state index in [1.54, 1.807) is 26.0 Å². The number of aryl methyl sites for hydroxylation is 2. The molecule has 5 heteroatoms. The third-order valence-corrected chi connectivity index (χ3v) is 2.99. The normalized spacial score (nSPS) is 10.1. The summed E-state index contributed by atoms with van der Waals surface area (Å²) in [6, 6.07) is 6.74. The molecule has 0 fully saturated rings. The Hall–Kier alpha value is -2.48. The number of rotatable bonds is 2. The molecular weight excluding hydrogens is 243 g/mol. The van der Waals surface area contributed by atoms with Crippen LogP contribution in [0.5, 0.6) is 0 Å². The summed E-state index contributed by atoms with van der Waals surface area (Å²) in [5.74, 6) is 0.119. The molecule has 0 unspecified atom stereocenters. The van der Waals surface area contributed by atoms with E-state index in [1.807, 2.05) is 6.92 Å². The van der Waals surface area contributed by atoms with Crippen molar-refractivity contribution in [3.63, 3.8) is 0 Å². The Kier molecular flexibility index (Phi) is 3.43. The van der Waals surface area contributed by atoms with Gasteiger partial charge in [0.25, 0.3) is 0 Å². The van der Waals surface area contributed by atoms with Gasteiger partial charge in [-0.1, -0.05) is 0 Å². The quantitative estimate of drug-likeness (QED) is 0.896. The van der Waals surface area contributed by atoms with Crippen LogP contribution in [0.4, 0.5) is 15.9 Å². The first kappa shape index (κ1) is 13.0. The van der Waals surface area contributed by atoms with Crippen LogP contribution in [-0.4, -0.2) is 10.2 Å². The minimum atomic E-state index is -0.266. The van der Waals surface area contributed by atoms with E-state index in [1.165, 1.54) is 6.07 Å². The maximum Gasteiger partial charge on any atom is 0.171 e. The fourth-order valence-electron chi connectivity index (χ4n) is 1.69. The highest BCUT2D eigenvalue weighted by Crippen LogP contribution is 2.22. The predicted octanol–water partition coefficient (Wildman–Crippen LogP) is 3.16. The van der Waals surface area contributed by atoms with Gasteiger partial charge in [0.2, 0.25) is 0 Å². The van der Waals surface area contributed by atoms with Gasteiger partial charge in [0.05, 0.1) is 5.69 Å². The number of nitriles is 1. The van der Waals surface area contributed by atoms with Gasteiger partial charge in [-0.05, 0) is 50.1 Å².